The van der Waals surface area contributed by atoms with Crippen LogP contribution in [-0.2, 0) is 20.8 Å². The first-order valence-electron chi connectivity index (χ1n) is 15.5. The molecule has 3 unspecified atom stereocenters. The van der Waals surface area contributed by atoms with Gasteiger partial charge >= 0.3 is 5.97 Å². The van der Waals surface area contributed by atoms with Crippen LogP contribution in [0.2, 0.25) is 0 Å². The molecule has 2 bridgehead atoms. The summed E-state index contributed by atoms with van der Waals surface area (Å²) in [6.07, 6.45) is 2.32. The first-order chi connectivity index (χ1) is 20.4. The number of esters is 1. The molecular formula is C36H45N3O4. The molecule has 7 heteroatoms. The lowest BCUT2D eigenvalue weighted by Gasteiger charge is -2.37. The van der Waals surface area contributed by atoms with Crippen molar-refractivity contribution in [3.8, 4) is 11.1 Å². The molecule has 3 aromatic rings. The molecule has 43 heavy (non-hydrogen) atoms. The summed E-state index contributed by atoms with van der Waals surface area (Å²) >= 11 is 0. The van der Waals surface area contributed by atoms with Gasteiger partial charge in [-0.05, 0) is 96.9 Å². The van der Waals surface area contributed by atoms with Crippen molar-refractivity contribution in [2.24, 2.45) is 5.92 Å². The Labute approximate surface area is 256 Å². The Kier molecular flexibility index (Phi) is 8.93. The largest absolute Gasteiger partial charge is 0.461 e. The molecule has 2 heterocycles. The third kappa shape index (κ3) is 6.93. The number of nitrogens with zero attached hydrogens (tertiary/aromatic N) is 2. The van der Waals surface area contributed by atoms with Gasteiger partial charge in [0.15, 0.2) is 6.10 Å². The zero-order valence-electron chi connectivity index (χ0n) is 26.6. The van der Waals surface area contributed by atoms with Crippen molar-refractivity contribution in [1.29, 1.82) is 0 Å². The summed E-state index contributed by atoms with van der Waals surface area (Å²) in [6.45, 7) is 15.0. The van der Waals surface area contributed by atoms with Crippen molar-refractivity contribution in [2.45, 2.75) is 98.1 Å². The standard InChI is InChI=1S/C36H45N3O4/c1-22(2)42-35(41)33(43-36(5,6)7)31-24(4)38-23(3)30(32(31)39-21-26-13-18-29(39)19-26)27-14-16-28(17-15-27)34(40)37-20-25-11-9-8-10-12-25/h8-12,14-17,22,26,29,33H,13,18-21H2,1-7H3,(H,37,40). The normalized spacial score (nSPS) is 18.7. The fourth-order valence-corrected chi connectivity index (χ4v) is 6.54. The van der Waals surface area contributed by atoms with Crippen LogP contribution in [-0.4, -0.2) is 41.2 Å². The van der Waals surface area contributed by atoms with Crippen molar-refractivity contribution in [3.05, 3.63) is 82.7 Å². The number of ether oxygens (including phenoxy) is 2. The predicted molar refractivity (Wildman–Crippen MR) is 170 cm³/mol. The Morgan fingerprint density at radius 3 is 2.28 bits per heavy atom. The SMILES string of the molecule is Cc1nc(C)c(C(OC(C)(C)C)C(=O)OC(C)C)c(N2CC3CCC2C3)c1-c1ccc(C(=O)NCc2ccccc2)cc1. The Morgan fingerprint density at radius 1 is 1.00 bits per heavy atom. The number of aromatic nitrogens is 1. The van der Waals surface area contributed by atoms with Gasteiger partial charge in [0.05, 0.1) is 17.4 Å². The first-order valence-corrected chi connectivity index (χ1v) is 15.5. The van der Waals surface area contributed by atoms with Crippen molar-refractivity contribution < 1.29 is 19.1 Å². The van der Waals surface area contributed by atoms with Gasteiger partial charge in [-0.1, -0.05) is 42.5 Å². The fraction of sp³-hybridized carbons (Fsp3) is 0.472. The number of hydrogen-bond donors (Lipinski definition) is 1. The number of piperidine rings is 1. The number of fused-ring (bicyclic) bond motifs is 2. The summed E-state index contributed by atoms with van der Waals surface area (Å²) in [5.74, 6) is 0.113. The number of pyridine rings is 1. The third-order valence-electron chi connectivity index (χ3n) is 8.31. The maximum Gasteiger partial charge on any atom is 0.340 e. The van der Waals surface area contributed by atoms with E-state index in [4.69, 9.17) is 14.5 Å². The zero-order valence-corrected chi connectivity index (χ0v) is 26.6. The number of rotatable bonds is 9. The van der Waals surface area contributed by atoms with Crippen LogP contribution in [0.3, 0.4) is 0 Å². The summed E-state index contributed by atoms with van der Waals surface area (Å²) < 4.78 is 12.3. The Balaban J connectivity index is 1.58. The zero-order chi connectivity index (χ0) is 30.9. The minimum absolute atomic E-state index is 0.123. The summed E-state index contributed by atoms with van der Waals surface area (Å²) in [5.41, 5.74) is 6.42. The molecule has 1 aromatic heterocycles. The molecule has 5 rings (SSSR count). The van der Waals surface area contributed by atoms with Crippen LogP contribution in [0.1, 0.15) is 92.9 Å². The highest BCUT2D eigenvalue weighted by Gasteiger charge is 2.43. The van der Waals surface area contributed by atoms with Gasteiger partial charge in [0, 0.05) is 47.2 Å². The minimum atomic E-state index is -0.925. The summed E-state index contributed by atoms with van der Waals surface area (Å²) in [6, 6.07) is 18.0. The van der Waals surface area contributed by atoms with Gasteiger partial charge in [-0.3, -0.25) is 9.78 Å². The second-order valence-corrected chi connectivity index (χ2v) is 13.2. The summed E-state index contributed by atoms with van der Waals surface area (Å²) in [4.78, 5) is 34.1. The van der Waals surface area contributed by atoms with Crippen LogP contribution in [0.15, 0.2) is 54.6 Å². The van der Waals surface area contributed by atoms with Crippen LogP contribution >= 0.6 is 0 Å². The number of carbonyl (C=O) groups is 2. The molecule has 7 nitrogen and oxygen atoms in total. The van der Waals surface area contributed by atoms with Gasteiger partial charge in [0.1, 0.15) is 0 Å². The fourth-order valence-electron chi connectivity index (χ4n) is 6.54. The highest BCUT2D eigenvalue weighted by molar-refractivity contribution is 5.95. The van der Waals surface area contributed by atoms with E-state index in [1.165, 1.54) is 6.42 Å². The number of hydrogen-bond acceptors (Lipinski definition) is 6. The molecule has 0 radical (unpaired) electrons. The smallest absolute Gasteiger partial charge is 0.340 e. The Bertz CT molecular complexity index is 1460. The second kappa shape index (κ2) is 12.5. The van der Waals surface area contributed by atoms with Crippen molar-refractivity contribution in [3.63, 3.8) is 0 Å². The van der Waals surface area contributed by atoms with Crippen LogP contribution < -0.4 is 10.2 Å². The van der Waals surface area contributed by atoms with Crippen molar-refractivity contribution >= 4 is 17.6 Å². The van der Waals surface area contributed by atoms with E-state index in [0.29, 0.717) is 24.1 Å². The van der Waals surface area contributed by atoms with Gasteiger partial charge in [-0.2, -0.15) is 0 Å². The molecule has 0 spiro atoms. The predicted octanol–water partition coefficient (Wildman–Crippen LogP) is 7.09. The van der Waals surface area contributed by atoms with E-state index in [1.807, 2.05) is 103 Å². The Hall–Kier alpha value is -3.71. The number of carbonyl (C=O) groups excluding carboxylic acids is 2. The molecular weight excluding hydrogens is 538 g/mol. The lowest BCUT2D eigenvalue weighted by molar-refractivity contribution is -0.171. The van der Waals surface area contributed by atoms with Crippen LogP contribution in [0, 0.1) is 19.8 Å². The van der Waals surface area contributed by atoms with E-state index < -0.39 is 17.7 Å². The van der Waals surface area contributed by atoms with E-state index >= 15 is 0 Å². The average molecular weight is 584 g/mol. The van der Waals surface area contributed by atoms with Gasteiger partial charge in [0.2, 0.25) is 0 Å². The van der Waals surface area contributed by atoms with E-state index in [-0.39, 0.29) is 12.0 Å². The lowest BCUT2D eigenvalue weighted by Crippen LogP contribution is -2.36. The second-order valence-electron chi connectivity index (χ2n) is 13.2. The molecule has 1 amide bonds. The van der Waals surface area contributed by atoms with E-state index in [0.717, 1.165) is 58.7 Å². The molecule has 1 N–H and O–H groups in total. The maximum absolute atomic E-state index is 13.7. The molecule has 1 saturated heterocycles. The first kappa shape index (κ1) is 30.7. The van der Waals surface area contributed by atoms with E-state index in [9.17, 15) is 9.59 Å². The monoisotopic (exact) mass is 583 g/mol. The highest BCUT2D eigenvalue weighted by atomic mass is 16.6. The van der Waals surface area contributed by atoms with Gasteiger partial charge < -0.3 is 19.7 Å². The molecule has 1 saturated carbocycles. The lowest BCUT2D eigenvalue weighted by atomic mass is 9.92. The van der Waals surface area contributed by atoms with Gasteiger partial charge in [-0.25, -0.2) is 4.79 Å². The van der Waals surface area contributed by atoms with Gasteiger partial charge in [0.25, 0.3) is 5.91 Å². The molecule has 228 valence electrons. The molecule has 2 aromatic carbocycles. The number of amides is 1. The van der Waals surface area contributed by atoms with Gasteiger partial charge in [-0.15, -0.1) is 0 Å². The summed E-state index contributed by atoms with van der Waals surface area (Å²) in [7, 11) is 0. The highest BCUT2D eigenvalue weighted by Crippen LogP contribution is 2.49. The topological polar surface area (TPSA) is 80.8 Å². The van der Waals surface area contributed by atoms with Crippen LogP contribution in [0.5, 0.6) is 0 Å². The summed E-state index contributed by atoms with van der Waals surface area (Å²) in [5, 5.41) is 3.01. The molecule has 1 aliphatic carbocycles. The molecule has 2 fully saturated rings. The number of benzene rings is 2. The Morgan fingerprint density at radius 2 is 1.70 bits per heavy atom. The number of nitrogens with one attached hydrogen (secondary N) is 1. The number of aryl methyl sites for hydroxylation is 2. The maximum atomic E-state index is 13.7. The molecule has 1 aliphatic heterocycles. The van der Waals surface area contributed by atoms with Crippen LogP contribution in [0.25, 0.3) is 11.1 Å². The molecule has 2 aliphatic rings. The average Bonchev–Trinajstić information content (AvgIpc) is 3.58. The van der Waals surface area contributed by atoms with E-state index in [2.05, 4.69) is 10.2 Å². The van der Waals surface area contributed by atoms with Crippen molar-refractivity contribution in [2.75, 3.05) is 11.4 Å². The third-order valence-corrected chi connectivity index (χ3v) is 8.31. The minimum Gasteiger partial charge on any atom is -0.461 e. The van der Waals surface area contributed by atoms with E-state index in [1.54, 1.807) is 0 Å². The van der Waals surface area contributed by atoms with Crippen molar-refractivity contribution in [1.82, 2.24) is 10.3 Å². The van der Waals surface area contributed by atoms with Crippen LogP contribution in [0.4, 0.5) is 5.69 Å². The number of anilines is 1. The quantitative estimate of drug-likeness (QED) is 0.271. The molecule has 3 atom stereocenters.